The van der Waals surface area contributed by atoms with Gasteiger partial charge < -0.3 is 10.6 Å². The number of rotatable bonds is 5. The van der Waals surface area contributed by atoms with Gasteiger partial charge in [0.2, 0.25) is 0 Å². The molecule has 3 aromatic rings. The molecule has 0 aliphatic rings. The van der Waals surface area contributed by atoms with Crippen LogP contribution < -0.4 is 10.6 Å². The van der Waals surface area contributed by atoms with Crippen LogP contribution >= 0.6 is 0 Å². The number of para-hydroxylation sites is 1. The smallest absolute Gasteiger partial charge is 0.274 e. The van der Waals surface area contributed by atoms with Crippen molar-refractivity contribution in [3.63, 3.8) is 0 Å². The van der Waals surface area contributed by atoms with Crippen molar-refractivity contribution in [3.05, 3.63) is 83.7 Å². The number of nitrogens with zero attached hydrogens (tertiary/aromatic N) is 1. The molecule has 0 bridgehead atoms. The number of hydrogen-bond acceptors (Lipinski definition) is 4. The topological polar surface area (TPSA) is 71.1 Å². The number of anilines is 3. The summed E-state index contributed by atoms with van der Waals surface area (Å²) < 4.78 is 0. The molecule has 0 saturated carbocycles. The second-order valence-corrected chi connectivity index (χ2v) is 7.94. The van der Waals surface area contributed by atoms with Crippen LogP contribution in [0.2, 0.25) is 0 Å². The summed E-state index contributed by atoms with van der Waals surface area (Å²) in [5.74, 6) is -0.274. The monoisotopic (exact) mass is 387 g/mol. The maximum Gasteiger partial charge on any atom is 0.274 e. The van der Waals surface area contributed by atoms with Gasteiger partial charge >= 0.3 is 0 Å². The van der Waals surface area contributed by atoms with Crippen LogP contribution in [0.4, 0.5) is 17.1 Å². The third-order valence-electron chi connectivity index (χ3n) is 4.53. The number of pyridine rings is 1. The molecule has 3 rings (SSSR count). The molecule has 0 atom stereocenters. The number of hydrogen-bond donors (Lipinski definition) is 2. The average Bonchev–Trinajstić information content (AvgIpc) is 2.68. The van der Waals surface area contributed by atoms with E-state index in [0.29, 0.717) is 11.3 Å². The number of carbonyl (C=O) groups excluding carboxylic acids is 2. The zero-order valence-corrected chi connectivity index (χ0v) is 17.1. The fourth-order valence-corrected chi connectivity index (χ4v) is 3.05. The quantitative estimate of drug-likeness (QED) is 0.561. The van der Waals surface area contributed by atoms with Gasteiger partial charge in [0.25, 0.3) is 5.91 Å². The van der Waals surface area contributed by atoms with Gasteiger partial charge in [0.05, 0.1) is 0 Å². The van der Waals surface area contributed by atoms with Crippen LogP contribution in [-0.2, 0) is 5.41 Å². The standard InChI is InChI=1S/C24H25N3O2/c1-16(28)17-8-7-9-18(14-17)26-19-12-13-25-22(15-19)23(29)27-21-11-6-5-10-20(21)24(2,3)4/h5-15H,1-4H3,(H,25,26)(H,27,29). The van der Waals surface area contributed by atoms with Gasteiger partial charge in [-0.15, -0.1) is 0 Å². The number of ketones is 1. The van der Waals surface area contributed by atoms with Crippen LogP contribution in [0, 0.1) is 0 Å². The van der Waals surface area contributed by atoms with E-state index in [9.17, 15) is 9.59 Å². The molecule has 2 aromatic carbocycles. The Morgan fingerprint density at radius 1 is 0.897 bits per heavy atom. The highest BCUT2D eigenvalue weighted by Crippen LogP contribution is 2.29. The molecule has 0 fully saturated rings. The lowest BCUT2D eigenvalue weighted by molar-refractivity contribution is 0.101. The Kier molecular flexibility index (Phi) is 5.78. The number of Topliss-reactive ketones (excluding diaryl/α,β-unsaturated/α-hetero) is 1. The van der Waals surface area contributed by atoms with Crippen LogP contribution in [0.1, 0.15) is 54.1 Å². The lowest BCUT2D eigenvalue weighted by Crippen LogP contribution is -2.19. The Balaban J connectivity index is 1.81. The number of carbonyl (C=O) groups is 2. The third kappa shape index (κ3) is 5.08. The van der Waals surface area contributed by atoms with E-state index >= 15 is 0 Å². The van der Waals surface area contributed by atoms with E-state index in [1.165, 1.54) is 6.92 Å². The minimum atomic E-state index is -0.275. The Labute approximate surface area is 171 Å². The van der Waals surface area contributed by atoms with E-state index in [-0.39, 0.29) is 17.1 Å². The summed E-state index contributed by atoms with van der Waals surface area (Å²) in [6.07, 6.45) is 1.59. The van der Waals surface area contributed by atoms with Crippen molar-refractivity contribution in [1.29, 1.82) is 0 Å². The summed E-state index contributed by atoms with van der Waals surface area (Å²) in [5, 5.41) is 6.20. The first-order valence-electron chi connectivity index (χ1n) is 9.49. The predicted octanol–water partition coefficient (Wildman–Crippen LogP) is 5.58. The zero-order valence-electron chi connectivity index (χ0n) is 17.1. The number of benzene rings is 2. The van der Waals surface area contributed by atoms with Gasteiger partial charge in [0.1, 0.15) is 5.69 Å². The summed E-state index contributed by atoms with van der Waals surface area (Å²) >= 11 is 0. The lowest BCUT2D eigenvalue weighted by Gasteiger charge is -2.23. The van der Waals surface area contributed by atoms with Gasteiger partial charge in [-0.05, 0) is 48.2 Å². The third-order valence-corrected chi connectivity index (χ3v) is 4.53. The molecule has 0 radical (unpaired) electrons. The van der Waals surface area contributed by atoms with Gasteiger partial charge in [0, 0.05) is 28.8 Å². The van der Waals surface area contributed by atoms with Crippen LogP contribution in [0.15, 0.2) is 66.9 Å². The normalized spacial score (nSPS) is 11.0. The van der Waals surface area contributed by atoms with Crippen molar-refractivity contribution < 1.29 is 9.59 Å². The van der Waals surface area contributed by atoms with E-state index in [2.05, 4.69) is 36.4 Å². The molecule has 1 aromatic heterocycles. The molecule has 1 heterocycles. The van der Waals surface area contributed by atoms with Crippen molar-refractivity contribution in [3.8, 4) is 0 Å². The van der Waals surface area contributed by atoms with Crippen molar-refractivity contribution in [2.75, 3.05) is 10.6 Å². The van der Waals surface area contributed by atoms with E-state index in [1.807, 2.05) is 36.4 Å². The molecule has 5 nitrogen and oxygen atoms in total. The summed E-state index contributed by atoms with van der Waals surface area (Å²) in [7, 11) is 0. The van der Waals surface area contributed by atoms with Gasteiger partial charge in [-0.25, -0.2) is 0 Å². The number of aromatic nitrogens is 1. The molecule has 148 valence electrons. The first-order chi connectivity index (χ1) is 13.7. The van der Waals surface area contributed by atoms with Gasteiger partial charge in [-0.1, -0.05) is 51.1 Å². The summed E-state index contributed by atoms with van der Waals surface area (Å²) in [5.41, 5.74) is 4.16. The van der Waals surface area contributed by atoms with Crippen LogP contribution in [0.25, 0.3) is 0 Å². The zero-order chi connectivity index (χ0) is 21.0. The first kappa shape index (κ1) is 20.3. The minimum Gasteiger partial charge on any atom is -0.355 e. The Morgan fingerprint density at radius 3 is 2.34 bits per heavy atom. The van der Waals surface area contributed by atoms with Crippen LogP contribution in [0.3, 0.4) is 0 Å². The van der Waals surface area contributed by atoms with Crippen molar-refractivity contribution in [2.24, 2.45) is 0 Å². The second kappa shape index (κ2) is 8.27. The summed E-state index contributed by atoms with van der Waals surface area (Å²) in [4.78, 5) is 28.6. The second-order valence-electron chi connectivity index (χ2n) is 7.94. The van der Waals surface area contributed by atoms with Gasteiger partial charge in [-0.2, -0.15) is 0 Å². The predicted molar refractivity (Wildman–Crippen MR) is 117 cm³/mol. The molecule has 0 saturated heterocycles. The molecule has 0 aliphatic carbocycles. The van der Waals surface area contributed by atoms with Crippen molar-refractivity contribution in [1.82, 2.24) is 4.98 Å². The molecule has 0 unspecified atom stereocenters. The van der Waals surface area contributed by atoms with Crippen molar-refractivity contribution in [2.45, 2.75) is 33.1 Å². The Bertz CT molecular complexity index is 1050. The summed E-state index contributed by atoms with van der Waals surface area (Å²) in [6.45, 7) is 7.85. The average molecular weight is 387 g/mol. The minimum absolute atomic E-state index is 0.000888. The maximum absolute atomic E-state index is 12.8. The molecular weight excluding hydrogens is 362 g/mol. The molecule has 29 heavy (non-hydrogen) atoms. The SMILES string of the molecule is CC(=O)c1cccc(Nc2ccnc(C(=O)Nc3ccccc3C(C)(C)C)c2)c1. The first-order valence-corrected chi connectivity index (χ1v) is 9.49. The molecule has 1 amide bonds. The van der Waals surface area contributed by atoms with E-state index in [0.717, 1.165) is 22.6 Å². The molecule has 5 heteroatoms. The van der Waals surface area contributed by atoms with E-state index in [1.54, 1.807) is 30.5 Å². The molecule has 0 aliphatic heterocycles. The van der Waals surface area contributed by atoms with Crippen LogP contribution in [-0.4, -0.2) is 16.7 Å². The van der Waals surface area contributed by atoms with Gasteiger partial charge in [-0.3, -0.25) is 14.6 Å². The number of amides is 1. The highest BCUT2D eigenvalue weighted by atomic mass is 16.2. The van der Waals surface area contributed by atoms with Gasteiger partial charge in [0.15, 0.2) is 5.78 Å². The molecular formula is C24H25N3O2. The van der Waals surface area contributed by atoms with E-state index in [4.69, 9.17) is 0 Å². The molecule has 0 spiro atoms. The largest absolute Gasteiger partial charge is 0.355 e. The number of nitrogens with one attached hydrogen (secondary N) is 2. The van der Waals surface area contributed by atoms with Crippen molar-refractivity contribution >= 4 is 28.8 Å². The molecule has 2 N–H and O–H groups in total. The maximum atomic E-state index is 12.8. The fraction of sp³-hybridized carbons (Fsp3) is 0.208. The Morgan fingerprint density at radius 2 is 1.62 bits per heavy atom. The fourth-order valence-electron chi connectivity index (χ4n) is 3.05. The highest BCUT2D eigenvalue weighted by Gasteiger charge is 2.19. The summed E-state index contributed by atoms with van der Waals surface area (Å²) in [6, 6.07) is 18.5. The Hall–Kier alpha value is -3.47. The highest BCUT2D eigenvalue weighted by molar-refractivity contribution is 6.04. The lowest BCUT2D eigenvalue weighted by atomic mass is 9.86. The van der Waals surface area contributed by atoms with E-state index < -0.39 is 0 Å². The van der Waals surface area contributed by atoms with Crippen LogP contribution in [0.5, 0.6) is 0 Å².